The van der Waals surface area contributed by atoms with Gasteiger partial charge in [-0.2, -0.15) is 0 Å². The Bertz CT molecular complexity index is 823. The van der Waals surface area contributed by atoms with Crippen molar-refractivity contribution in [3.05, 3.63) is 48.2 Å². The number of carbonyl (C=O) groups excluding carboxylic acids is 1. The predicted octanol–water partition coefficient (Wildman–Crippen LogP) is 3.97. The molecule has 1 amide bonds. The number of anilines is 1. The summed E-state index contributed by atoms with van der Waals surface area (Å²) in [6.07, 6.45) is 12.7. The number of hydrogen-bond donors (Lipinski definition) is 2. The molecule has 2 N–H and O–H groups in total. The summed E-state index contributed by atoms with van der Waals surface area (Å²) in [5.74, 6) is 1.99. The van der Waals surface area contributed by atoms with E-state index in [-0.39, 0.29) is 29.9 Å². The molecule has 5 nitrogen and oxygen atoms in total. The molecule has 1 atom stereocenters. The molecule has 1 aliphatic carbocycles. The van der Waals surface area contributed by atoms with Gasteiger partial charge in [-0.05, 0) is 42.7 Å². The minimum Gasteiger partial charge on any atom is -0.504 e. The van der Waals surface area contributed by atoms with Gasteiger partial charge in [0.05, 0.1) is 5.92 Å². The molecule has 1 aromatic carbocycles. The first-order chi connectivity index (χ1) is 13.1. The number of phenols is 2. The monoisotopic (exact) mass is 364 g/mol. The van der Waals surface area contributed by atoms with Gasteiger partial charge in [0.2, 0.25) is 5.91 Å². The van der Waals surface area contributed by atoms with E-state index in [1.807, 2.05) is 18.2 Å². The number of terminal acetylenes is 1. The van der Waals surface area contributed by atoms with Crippen molar-refractivity contribution >= 4 is 11.7 Å². The third kappa shape index (κ3) is 4.22. The smallest absolute Gasteiger partial charge is 0.236 e. The zero-order valence-corrected chi connectivity index (χ0v) is 15.2. The highest BCUT2D eigenvalue weighted by Gasteiger charge is 2.33. The summed E-state index contributed by atoms with van der Waals surface area (Å²) in [5, 5.41) is 19.5. The van der Waals surface area contributed by atoms with Crippen molar-refractivity contribution in [3.8, 4) is 23.8 Å². The van der Waals surface area contributed by atoms with Crippen LogP contribution in [0.4, 0.5) is 5.82 Å². The summed E-state index contributed by atoms with van der Waals surface area (Å²) in [6.45, 7) is 0. The van der Waals surface area contributed by atoms with Crippen molar-refractivity contribution in [2.75, 3.05) is 4.90 Å². The number of aromatic nitrogens is 1. The Morgan fingerprint density at radius 2 is 1.96 bits per heavy atom. The van der Waals surface area contributed by atoms with Crippen LogP contribution >= 0.6 is 0 Å². The molecule has 0 bridgehead atoms. The molecule has 0 spiro atoms. The van der Waals surface area contributed by atoms with Crippen molar-refractivity contribution in [1.82, 2.24) is 4.98 Å². The van der Waals surface area contributed by atoms with Crippen LogP contribution in [0.5, 0.6) is 11.5 Å². The Kier molecular flexibility index (Phi) is 5.97. The van der Waals surface area contributed by atoms with E-state index in [0.717, 1.165) is 25.7 Å². The van der Waals surface area contributed by atoms with Crippen molar-refractivity contribution in [2.45, 2.75) is 50.5 Å². The van der Waals surface area contributed by atoms with E-state index in [2.05, 4.69) is 10.9 Å². The fourth-order valence-electron chi connectivity index (χ4n) is 3.71. The Labute approximate surface area is 159 Å². The average Bonchev–Trinajstić information content (AvgIpc) is 2.70. The molecule has 5 heteroatoms. The lowest BCUT2D eigenvalue weighted by atomic mass is 9.90. The fourth-order valence-corrected chi connectivity index (χ4v) is 3.71. The summed E-state index contributed by atoms with van der Waals surface area (Å²) in [4.78, 5) is 19.8. The van der Waals surface area contributed by atoms with Crippen molar-refractivity contribution < 1.29 is 15.0 Å². The van der Waals surface area contributed by atoms with Gasteiger partial charge in [-0.1, -0.05) is 31.4 Å². The van der Waals surface area contributed by atoms with E-state index in [1.165, 1.54) is 18.6 Å². The highest BCUT2D eigenvalue weighted by Crippen LogP contribution is 2.34. The highest BCUT2D eigenvalue weighted by molar-refractivity contribution is 5.98. The molecule has 1 heterocycles. The van der Waals surface area contributed by atoms with Gasteiger partial charge in [0.25, 0.3) is 0 Å². The van der Waals surface area contributed by atoms with Crippen LogP contribution in [0.2, 0.25) is 0 Å². The van der Waals surface area contributed by atoms with E-state index in [4.69, 9.17) is 6.42 Å². The van der Waals surface area contributed by atoms with Crippen LogP contribution in [0.1, 0.15) is 50.0 Å². The third-order valence-electron chi connectivity index (χ3n) is 5.10. The summed E-state index contributed by atoms with van der Waals surface area (Å²) < 4.78 is 0. The van der Waals surface area contributed by atoms with E-state index >= 15 is 0 Å². The lowest BCUT2D eigenvalue weighted by molar-refractivity contribution is -0.120. The second-order valence-electron chi connectivity index (χ2n) is 6.90. The van der Waals surface area contributed by atoms with E-state index < -0.39 is 5.92 Å². The molecule has 1 unspecified atom stereocenters. The second-order valence-corrected chi connectivity index (χ2v) is 6.90. The van der Waals surface area contributed by atoms with Gasteiger partial charge < -0.3 is 10.2 Å². The van der Waals surface area contributed by atoms with Crippen LogP contribution in [-0.2, 0) is 4.79 Å². The molecule has 2 aromatic rings. The van der Waals surface area contributed by atoms with Gasteiger partial charge in [-0.3, -0.25) is 9.69 Å². The number of rotatable bonds is 5. The Balaban J connectivity index is 1.99. The zero-order chi connectivity index (χ0) is 19.2. The van der Waals surface area contributed by atoms with Crippen LogP contribution in [0.25, 0.3) is 0 Å². The maximum atomic E-state index is 13.6. The van der Waals surface area contributed by atoms with E-state index in [0.29, 0.717) is 11.4 Å². The summed E-state index contributed by atoms with van der Waals surface area (Å²) in [7, 11) is 0. The number of pyridine rings is 1. The Morgan fingerprint density at radius 1 is 1.19 bits per heavy atom. The van der Waals surface area contributed by atoms with Crippen LogP contribution in [0, 0.1) is 12.3 Å². The van der Waals surface area contributed by atoms with E-state index in [9.17, 15) is 15.0 Å². The molecule has 0 aliphatic heterocycles. The summed E-state index contributed by atoms with van der Waals surface area (Å²) in [6, 6.07) is 10.0. The van der Waals surface area contributed by atoms with Gasteiger partial charge >= 0.3 is 0 Å². The normalized spacial score (nSPS) is 15.7. The second kappa shape index (κ2) is 8.59. The largest absolute Gasteiger partial charge is 0.504 e. The number of aromatic hydroxyl groups is 2. The van der Waals surface area contributed by atoms with Gasteiger partial charge in [0.1, 0.15) is 5.82 Å². The molecule has 1 aliphatic rings. The first-order valence-electron chi connectivity index (χ1n) is 9.31. The molecular formula is C22H24N2O3. The summed E-state index contributed by atoms with van der Waals surface area (Å²) >= 11 is 0. The summed E-state index contributed by atoms with van der Waals surface area (Å²) in [5.41, 5.74) is 0.588. The zero-order valence-electron chi connectivity index (χ0n) is 15.2. The van der Waals surface area contributed by atoms with Gasteiger partial charge in [0, 0.05) is 18.7 Å². The van der Waals surface area contributed by atoms with E-state index in [1.54, 1.807) is 17.2 Å². The highest BCUT2D eigenvalue weighted by atomic mass is 16.3. The lowest BCUT2D eigenvalue weighted by Gasteiger charge is -2.35. The van der Waals surface area contributed by atoms with Gasteiger partial charge in [-0.25, -0.2) is 4.98 Å². The Morgan fingerprint density at radius 3 is 2.59 bits per heavy atom. The third-order valence-corrected chi connectivity index (χ3v) is 5.10. The first-order valence-corrected chi connectivity index (χ1v) is 9.31. The minimum absolute atomic E-state index is 0.0899. The quantitative estimate of drug-likeness (QED) is 0.622. The molecule has 3 rings (SSSR count). The van der Waals surface area contributed by atoms with Crippen LogP contribution < -0.4 is 4.90 Å². The number of benzene rings is 1. The minimum atomic E-state index is -0.606. The van der Waals surface area contributed by atoms with Crippen molar-refractivity contribution in [1.29, 1.82) is 0 Å². The maximum Gasteiger partial charge on any atom is 0.236 e. The van der Waals surface area contributed by atoms with Crippen LogP contribution in [0.15, 0.2) is 42.6 Å². The molecule has 1 aromatic heterocycles. The molecule has 0 saturated heterocycles. The predicted molar refractivity (Wildman–Crippen MR) is 105 cm³/mol. The number of amides is 1. The molecular weight excluding hydrogens is 340 g/mol. The molecule has 1 fully saturated rings. The Hall–Kier alpha value is -3.00. The molecule has 1 saturated carbocycles. The van der Waals surface area contributed by atoms with Crippen molar-refractivity contribution in [3.63, 3.8) is 0 Å². The fraction of sp³-hybridized carbons (Fsp3) is 0.364. The molecule has 0 radical (unpaired) electrons. The number of hydrogen-bond acceptors (Lipinski definition) is 4. The number of phenolic OH excluding ortho intramolecular Hbond substituents is 2. The van der Waals surface area contributed by atoms with Gasteiger partial charge in [0.15, 0.2) is 11.5 Å². The van der Waals surface area contributed by atoms with Crippen molar-refractivity contribution in [2.24, 2.45) is 0 Å². The van der Waals surface area contributed by atoms with Crippen LogP contribution in [0.3, 0.4) is 0 Å². The molecule has 140 valence electrons. The number of nitrogens with zero attached hydrogens (tertiary/aromatic N) is 2. The standard InChI is InChI=1S/C22H24N2O3/c1-2-8-18(16-12-13-19(25)20(26)15-16)22(27)24(17-9-4-3-5-10-17)21-11-6-7-14-23-21/h1,6-7,11-15,17-18,25-26H,3-5,8-10H2. The van der Waals surface area contributed by atoms with Gasteiger partial charge in [-0.15, -0.1) is 12.3 Å². The number of carbonyl (C=O) groups is 1. The molecule has 27 heavy (non-hydrogen) atoms. The topological polar surface area (TPSA) is 73.7 Å². The maximum absolute atomic E-state index is 13.6. The lowest BCUT2D eigenvalue weighted by Crippen LogP contribution is -2.44. The average molecular weight is 364 g/mol. The van der Waals surface area contributed by atoms with Crippen LogP contribution in [-0.4, -0.2) is 27.1 Å². The SMILES string of the molecule is C#CCC(C(=O)N(c1ccccn1)C1CCCCC1)c1ccc(O)c(O)c1. The first kappa shape index (κ1) is 18.8.